The van der Waals surface area contributed by atoms with Crippen molar-refractivity contribution in [2.75, 3.05) is 31.7 Å². The van der Waals surface area contributed by atoms with Gasteiger partial charge in [-0.3, -0.25) is 9.48 Å². The van der Waals surface area contributed by atoms with E-state index < -0.39 is 0 Å². The van der Waals surface area contributed by atoms with Crippen LogP contribution in [0.5, 0.6) is 0 Å². The molecule has 2 fully saturated rings. The maximum atomic E-state index is 12.5. The van der Waals surface area contributed by atoms with Gasteiger partial charge in [-0.05, 0) is 31.6 Å². The molecule has 2 saturated heterocycles. The molecule has 2 atom stereocenters. The molecule has 1 amide bonds. The summed E-state index contributed by atoms with van der Waals surface area (Å²) in [5, 5.41) is 7.61. The third-order valence-electron chi connectivity index (χ3n) is 5.12. The van der Waals surface area contributed by atoms with Crippen molar-refractivity contribution in [2.45, 2.75) is 38.5 Å². The summed E-state index contributed by atoms with van der Waals surface area (Å²) in [7, 11) is 1.88. The molecule has 3 heterocycles. The molecule has 2 aliphatic heterocycles. The van der Waals surface area contributed by atoms with Gasteiger partial charge in [-0.2, -0.15) is 5.10 Å². The molecule has 6 nitrogen and oxygen atoms in total. The van der Waals surface area contributed by atoms with Crippen LogP contribution in [-0.2, 0) is 21.3 Å². The zero-order chi connectivity index (χ0) is 16.2. The molecular weight excluding hydrogens is 294 g/mol. The molecule has 1 N–H and O–H groups in total. The van der Waals surface area contributed by atoms with E-state index in [0.29, 0.717) is 11.8 Å². The molecule has 128 valence electrons. The molecule has 0 radical (unpaired) electrons. The van der Waals surface area contributed by atoms with E-state index in [1.165, 1.54) is 0 Å². The Kier molecular flexibility index (Phi) is 5.33. The smallest absolute Gasteiger partial charge is 0.228 e. The van der Waals surface area contributed by atoms with Crippen molar-refractivity contribution in [1.82, 2.24) is 9.78 Å². The van der Waals surface area contributed by atoms with Crippen molar-refractivity contribution in [3.8, 4) is 0 Å². The molecule has 0 saturated carbocycles. The highest BCUT2D eigenvalue weighted by Crippen LogP contribution is 2.28. The third kappa shape index (κ3) is 3.93. The standard InChI is InChI=1S/C17H27N3O3/c1-12(13-5-8-22-9-6-13)17(21)18-16-10-15(19-20(16)2)14-4-3-7-23-11-14/h10,12-14H,3-9,11H2,1-2H3,(H,18,21)/t12-,14-/m0/s1. The van der Waals surface area contributed by atoms with Gasteiger partial charge in [0, 0.05) is 44.8 Å². The van der Waals surface area contributed by atoms with Crippen molar-refractivity contribution in [2.24, 2.45) is 18.9 Å². The molecule has 0 spiro atoms. The summed E-state index contributed by atoms with van der Waals surface area (Å²) in [6.07, 6.45) is 4.10. The Balaban J connectivity index is 1.62. The highest BCUT2D eigenvalue weighted by molar-refractivity contribution is 5.91. The summed E-state index contributed by atoms with van der Waals surface area (Å²) in [6.45, 7) is 5.11. The van der Waals surface area contributed by atoms with Gasteiger partial charge >= 0.3 is 0 Å². The van der Waals surface area contributed by atoms with Crippen LogP contribution in [0.1, 0.15) is 44.2 Å². The van der Waals surface area contributed by atoms with Crippen molar-refractivity contribution >= 4 is 11.7 Å². The van der Waals surface area contributed by atoms with Crippen molar-refractivity contribution < 1.29 is 14.3 Å². The van der Waals surface area contributed by atoms with Crippen molar-refractivity contribution in [3.63, 3.8) is 0 Å². The van der Waals surface area contributed by atoms with Gasteiger partial charge in [-0.1, -0.05) is 6.92 Å². The quantitative estimate of drug-likeness (QED) is 0.924. The second-order valence-electron chi connectivity index (χ2n) is 6.72. The number of nitrogens with zero attached hydrogens (tertiary/aromatic N) is 2. The minimum absolute atomic E-state index is 0.00439. The number of amides is 1. The lowest BCUT2D eigenvalue weighted by Gasteiger charge is -2.26. The second kappa shape index (κ2) is 7.45. The van der Waals surface area contributed by atoms with E-state index in [1.54, 1.807) is 4.68 Å². The zero-order valence-corrected chi connectivity index (χ0v) is 14.1. The first kappa shape index (κ1) is 16.5. The molecular formula is C17H27N3O3. The van der Waals surface area contributed by atoms with E-state index in [1.807, 2.05) is 20.0 Å². The van der Waals surface area contributed by atoms with Gasteiger partial charge in [-0.15, -0.1) is 0 Å². The fourth-order valence-corrected chi connectivity index (χ4v) is 3.45. The fourth-order valence-electron chi connectivity index (χ4n) is 3.45. The number of hydrogen-bond donors (Lipinski definition) is 1. The Hall–Kier alpha value is -1.40. The highest BCUT2D eigenvalue weighted by Gasteiger charge is 2.27. The van der Waals surface area contributed by atoms with Crippen LogP contribution >= 0.6 is 0 Å². The number of aromatic nitrogens is 2. The molecule has 0 bridgehead atoms. The van der Waals surface area contributed by atoms with E-state index >= 15 is 0 Å². The van der Waals surface area contributed by atoms with Gasteiger partial charge in [-0.25, -0.2) is 0 Å². The number of nitrogens with one attached hydrogen (secondary N) is 1. The van der Waals surface area contributed by atoms with Crippen LogP contribution in [0.3, 0.4) is 0 Å². The number of ether oxygens (including phenoxy) is 2. The lowest BCUT2D eigenvalue weighted by molar-refractivity contribution is -0.122. The third-order valence-corrected chi connectivity index (χ3v) is 5.12. The first-order valence-electron chi connectivity index (χ1n) is 8.65. The van der Waals surface area contributed by atoms with E-state index in [2.05, 4.69) is 10.4 Å². The van der Waals surface area contributed by atoms with Gasteiger partial charge in [0.2, 0.25) is 5.91 Å². The first-order chi connectivity index (χ1) is 11.1. The number of carbonyl (C=O) groups excluding carboxylic acids is 1. The SMILES string of the molecule is C[C@H](C(=O)Nc1cc([C@H]2CCCOC2)nn1C)C1CCOCC1. The summed E-state index contributed by atoms with van der Waals surface area (Å²) in [5.74, 6) is 1.59. The van der Waals surface area contributed by atoms with Gasteiger partial charge in [0.25, 0.3) is 0 Å². The second-order valence-corrected chi connectivity index (χ2v) is 6.72. The van der Waals surface area contributed by atoms with E-state index in [0.717, 1.165) is 63.6 Å². The topological polar surface area (TPSA) is 65.4 Å². The predicted octanol–water partition coefficient (Wildman–Crippen LogP) is 2.32. The summed E-state index contributed by atoms with van der Waals surface area (Å²) in [6, 6.07) is 1.99. The highest BCUT2D eigenvalue weighted by atomic mass is 16.5. The summed E-state index contributed by atoms with van der Waals surface area (Å²) in [4.78, 5) is 12.5. The van der Waals surface area contributed by atoms with Gasteiger partial charge in [0.1, 0.15) is 5.82 Å². The summed E-state index contributed by atoms with van der Waals surface area (Å²) in [5.41, 5.74) is 1.02. The molecule has 3 rings (SSSR count). The van der Waals surface area contributed by atoms with Gasteiger partial charge in [0.15, 0.2) is 0 Å². The predicted molar refractivity (Wildman–Crippen MR) is 87.3 cm³/mol. The van der Waals surface area contributed by atoms with Gasteiger partial charge in [0.05, 0.1) is 12.3 Å². The number of aryl methyl sites for hydroxylation is 1. The van der Waals surface area contributed by atoms with E-state index in [4.69, 9.17) is 9.47 Å². The zero-order valence-electron chi connectivity index (χ0n) is 14.1. The average Bonchev–Trinajstić information content (AvgIpc) is 2.96. The summed E-state index contributed by atoms with van der Waals surface area (Å²) >= 11 is 0. The van der Waals surface area contributed by atoms with Crippen LogP contribution in [0.4, 0.5) is 5.82 Å². The van der Waals surface area contributed by atoms with E-state index in [9.17, 15) is 4.79 Å². The number of rotatable bonds is 4. The number of hydrogen-bond acceptors (Lipinski definition) is 4. The normalized spacial score (nSPS) is 24.3. The molecule has 0 aliphatic carbocycles. The summed E-state index contributed by atoms with van der Waals surface area (Å²) < 4.78 is 12.7. The van der Waals surface area contributed by atoms with Crippen LogP contribution in [0, 0.1) is 11.8 Å². The monoisotopic (exact) mass is 321 g/mol. The van der Waals surface area contributed by atoms with Crippen LogP contribution in [0.15, 0.2) is 6.07 Å². The Morgan fingerprint density at radius 3 is 2.78 bits per heavy atom. The molecule has 23 heavy (non-hydrogen) atoms. The first-order valence-corrected chi connectivity index (χ1v) is 8.65. The van der Waals surface area contributed by atoms with Crippen LogP contribution < -0.4 is 5.32 Å². The van der Waals surface area contributed by atoms with Gasteiger partial charge < -0.3 is 14.8 Å². The molecule has 0 aromatic carbocycles. The Morgan fingerprint density at radius 1 is 1.30 bits per heavy atom. The maximum absolute atomic E-state index is 12.5. The molecule has 6 heteroatoms. The Labute approximate surface area is 137 Å². The number of carbonyl (C=O) groups is 1. The molecule has 0 unspecified atom stereocenters. The maximum Gasteiger partial charge on any atom is 0.228 e. The van der Waals surface area contributed by atoms with Crippen LogP contribution in [-0.4, -0.2) is 42.1 Å². The molecule has 2 aliphatic rings. The average molecular weight is 321 g/mol. The Morgan fingerprint density at radius 2 is 2.09 bits per heavy atom. The molecule has 1 aromatic heterocycles. The largest absolute Gasteiger partial charge is 0.381 e. The van der Waals surface area contributed by atoms with E-state index in [-0.39, 0.29) is 11.8 Å². The number of anilines is 1. The lowest BCUT2D eigenvalue weighted by Crippen LogP contribution is -2.31. The Bertz CT molecular complexity index is 531. The minimum Gasteiger partial charge on any atom is -0.381 e. The minimum atomic E-state index is -0.00439. The van der Waals surface area contributed by atoms with Crippen LogP contribution in [0.25, 0.3) is 0 Å². The van der Waals surface area contributed by atoms with Crippen molar-refractivity contribution in [1.29, 1.82) is 0 Å². The molecule has 1 aromatic rings. The lowest BCUT2D eigenvalue weighted by atomic mass is 9.87. The van der Waals surface area contributed by atoms with Crippen LogP contribution in [0.2, 0.25) is 0 Å². The fraction of sp³-hybridized carbons (Fsp3) is 0.765. The van der Waals surface area contributed by atoms with Crippen molar-refractivity contribution in [3.05, 3.63) is 11.8 Å².